The van der Waals surface area contributed by atoms with E-state index in [1.54, 1.807) is 0 Å². The third kappa shape index (κ3) is 3.40. The van der Waals surface area contributed by atoms with Gasteiger partial charge in [0, 0.05) is 42.0 Å². The van der Waals surface area contributed by atoms with Crippen molar-refractivity contribution in [1.82, 2.24) is 5.32 Å². The molecule has 8 heteroatoms. The zero-order chi connectivity index (χ0) is 23.6. The number of hydrogen-bond donors (Lipinski definition) is 1. The van der Waals surface area contributed by atoms with Crippen LogP contribution in [0.5, 0.6) is 0 Å². The van der Waals surface area contributed by atoms with Crippen molar-refractivity contribution in [3.8, 4) is 0 Å². The van der Waals surface area contributed by atoms with Crippen LogP contribution in [0.3, 0.4) is 0 Å². The van der Waals surface area contributed by atoms with E-state index in [1.165, 1.54) is 0 Å². The number of fused-ring (bicyclic) bond motifs is 1. The van der Waals surface area contributed by atoms with Crippen molar-refractivity contribution < 1.29 is 18.0 Å². The lowest BCUT2D eigenvalue weighted by Crippen LogP contribution is -2.52. The van der Waals surface area contributed by atoms with Crippen LogP contribution in [0.4, 0.5) is 18.9 Å². The molecule has 1 fully saturated rings. The minimum Gasteiger partial charge on any atom is -0.372 e. The maximum atomic E-state index is 14.1. The topological polar surface area (TPSA) is 57.1 Å². The first-order valence-corrected chi connectivity index (χ1v) is 11.7. The van der Waals surface area contributed by atoms with Crippen LogP contribution >= 0.6 is 0 Å². The van der Waals surface area contributed by atoms with E-state index in [0.29, 0.717) is 36.1 Å². The van der Waals surface area contributed by atoms with Crippen molar-refractivity contribution >= 4 is 11.5 Å². The number of azo groups is 1. The molecule has 1 aromatic rings. The van der Waals surface area contributed by atoms with Gasteiger partial charge in [0.2, 0.25) is 0 Å². The van der Waals surface area contributed by atoms with Gasteiger partial charge in [-0.3, -0.25) is 4.79 Å². The van der Waals surface area contributed by atoms with Crippen LogP contribution in [0.1, 0.15) is 58.4 Å². The fourth-order valence-electron chi connectivity index (χ4n) is 6.16. The average molecular weight is 459 g/mol. The molecule has 1 aliphatic carbocycles. The molecule has 0 bridgehead atoms. The molecule has 1 saturated heterocycles. The first kappa shape index (κ1) is 22.2. The second-order valence-electron chi connectivity index (χ2n) is 10.3. The molecule has 33 heavy (non-hydrogen) atoms. The molecule has 0 spiro atoms. The Morgan fingerprint density at radius 1 is 1.18 bits per heavy atom. The molecule has 176 valence electrons. The number of carbonyl (C=O) groups is 1. The molecule has 1 N–H and O–H groups in total. The number of allylic oxidation sites excluding steroid dienone is 3. The second kappa shape index (κ2) is 7.43. The molecular formula is C25H29F3N4O. The summed E-state index contributed by atoms with van der Waals surface area (Å²) in [5, 5.41) is 10.8. The highest BCUT2D eigenvalue weighted by molar-refractivity contribution is 6.01. The van der Waals surface area contributed by atoms with Crippen molar-refractivity contribution in [2.45, 2.75) is 70.6 Å². The highest BCUT2D eigenvalue weighted by Crippen LogP contribution is 2.56. The van der Waals surface area contributed by atoms with Crippen molar-refractivity contribution in [2.24, 2.45) is 15.6 Å². The molecule has 0 radical (unpaired) electrons. The molecule has 3 aliphatic heterocycles. The Balaban J connectivity index is 1.79. The largest absolute Gasteiger partial charge is 0.435 e. The Bertz CT molecular complexity index is 1100. The lowest BCUT2D eigenvalue weighted by molar-refractivity contribution is -0.119. The molecular weight excluding hydrogens is 429 g/mol. The first-order valence-electron chi connectivity index (χ1n) is 11.7. The Morgan fingerprint density at radius 3 is 2.58 bits per heavy atom. The summed E-state index contributed by atoms with van der Waals surface area (Å²) < 4.78 is 42.4. The van der Waals surface area contributed by atoms with Gasteiger partial charge in [-0.1, -0.05) is 32.9 Å². The van der Waals surface area contributed by atoms with Gasteiger partial charge in [0.05, 0.1) is 5.41 Å². The average Bonchev–Trinajstić information content (AvgIpc) is 3.41. The third-order valence-corrected chi connectivity index (χ3v) is 7.48. The number of alkyl halides is 3. The predicted octanol–water partition coefficient (Wildman–Crippen LogP) is 5.79. The molecule has 0 saturated carbocycles. The van der Waals surface area contributed by atoms with Gasteiger partial charge in [-0.15, -0.1) is 5.11 Å². The van der Waals surface area contributed by atoms with Crippen LogP contribution in [0, 0.1) is 5.41 Å². The van der Waals surface area contributed by atoms with Gasteiger partial charge in [-0.05, 0) is 48.8 Å². The SMILES string of the molecule is CCC1(c2cccc(N3CCCC3)c2)C2=C(CC(C)(C)CC2=O)NC2N=NC(C(F)(F)F)=C21. The summed E-state index contributed by atoms with van der Waals surface area (Å²) in [6.45, 7) is 7.74. The van der Waals surface area contributed by atoms with Gasteiger partial charge in [-0.2, -0.15) is 18.3 Å². The molecule has 5 rings (SSSR count). The fraction of sp³-hybridized carbons (Fsp3) is 0.560. The molecule has 2 unspecified atom stereocenters. The number of ketones is 1. The highest BCUT2D eigenvalue weighted by Gasteiger charge is 2.57. The summed E-state index contributed by atoms with van der Waals surface area (Å²) in [7, 11) is 0. The van der Waals surface area contributed by atoms with Crippen molar-refractivity contribution in [1.29, 1.82) is 0 Å². The molecule has 1 aromatic carbocycles. The fourth-order valence-corrected chi connectivity index (χ4v) is 6.16. The standard InChI is InChI=1S/C25H29F3N4O/c1-4-24(15-8-7-9-16(12-15)32-10-5-6-11-32)19-17(13-23(2,3)14-18(19)33)29-22-20(24)21(30-31-22)25(26,27)28/h7-9,12,22,29H,4-6,10-11,13-14H2,1-3H3. The molecule has 3 heterocycles. The Labute approximate surface area is 191 Å². The zero-order valence-corrected chi connectivity index (χ0v) is 19.2. The van der Waals surface area contributed by atoms with Gasteiger partial charge in [0.1, 0.15) is 0 Å². The van der Waals surface area contributed by atoms with E-state index in [9.17, 15) is 18.0 Å². The summed E-state index contributed by atoms with van der Waals surface area (Å²) >= 11 is 0. The van der Waals surface area contributed by atoms with Crippen molar-refractivity contribution in [3.63, 3.8) is 0 Å². The van der Waals surface area contributed by atoms with E-state index in [-0.39, 0.29) is 16.8 Å². The summed E-state index contributed by atoms with van der Waals surface area (Å²) in [4.78, 5) is 15.9. The van der Waals surface area contributed by atoms with Crippen LogP contribution in [-0.4, -0.2) is 31.2 Å². The molecule has 4 aliphatic rings. The van der Waals surface area contributed by atoms with Gasteiger partial charge in [0.25, 0.3) is 0 Å². The van der Waals surface area contributed by atoms with E-state index in [4.69, 9.17) is 0 Å². The quantitative estimate of drug-likeness (QED) is 0.624. The van der Waals surface area contributed by atoms with Crippen molar-refractivity contribution in [3.05, 3.63) is 52.4 Å². The number of halogens is 3. The van der Waals surface area contributed by atoms with Gasteiger partial charge >= 0.3 is 6.18 Å². The molecule has 0 aromatic heterocycles. The Kier molecular flexibility index (Phi) is 4.99. The monoisotopic (exact) mass is 458 g/mol. The third-order valence-electron chi connectivity index (χ3n) is 7.48. The highest BCUT2D eigenvalue weighted by atomic mass is 19.4. The van der Waals surface area contributed by atoms with Crippen LogP contribution in [0.25, 0.3) is 0 Å². The maximum Gasteiger partial charge on any atom is 0.435 e. The Morgan fingerprint density at radius 2 is 1.91 bits per heavy atom. The van der Waals surface area contributed by atoms with Gasteiger partial charge in [0.15, 0.2) is 17.6 Å². The molecule has 2 atom stereocenters. The normalized spacial score (nSPS) is 28.8. The van der Waals surface area contributed by atoms with Crippen LogP contribution in [0.2, 0.25) is 0 Å². The number of anilines is 1. The van der Waals surface area contributed by atoms with Crippen molar-refractivity contribution in [2.75, 3.05) is 18.0 Å². The smallest absolute Gasteiger partial charge is 0.372 e. The van der Waals surface area contributed by atoms with Crippen LogP contribution in [-0.2, 0) is 10.2 Å². The lowest BCUT2D eigenvalue weighted by atomic mass is 9.58. The predicted molar refractivity (Wildman–Crippen MR) is 120 cm³/mol. The Hall–Kier alpha value is -2.64. The summed E-state index contributed by atoms with van der Waals surface area (Å²) in [6, 6.07) is 7.74. The minimum atomic E-state index is -4.66. The lowest BCUT2D eigenvalue weighted by Gasteiger charge is -2.48. The van der Waals surface area contributed by atoms with Crippen LogP contribution < -0.4 is 10.2 Å². The van der Waals surface area contributed by atoms with Gasteiger partial charge in [-0.25, -0.2) is 0 Å². The summed E-state index contributed by atoms with van der Waals surface area (Å²) in [6.07, 6.45) is -2.18. The van der Waals surface area contributed by atoms with E-state index in [2.05, 4.69) is 20.4 Å². The number of benzene rings is 1. The number of nitrogens with zero attached hydrogens (tertiary/aromatic N) is 3. The second-order valence-corrected chi connectivity index (χ2v) is 10.3. The van der Waals surface area contributed by atoms with E-state index in [1.807, 2.05) is 45.0 Å². The molecule has 5 nitrogen and oxygen atoms in total. The van der Waals surface area contributed by atoms with Crippen LogP contribution in [0.15, 0.2) is 57.0 Å². The number of carbonyl (C=O) groups excluding carboxylic acids is 1. The molecule has 0 amide bonds. The van der Waals surface area contributed by atoms with Gasteiger partial charge < -0.3 is 10.2 Å². The van der Waals surface area contributed by atoms with E-state index in [0.717, 1.165) is 31.6 Å². The van der Waals surface area contributed by atoms with E-state index < -0.39 is 23.5 Å². The maximum absolute atomic E-state index is 14.1. The first-order chi connectivity index (χ1) is 15.6. The summed E-state index contributed by atoms with van der Waals surface area (Å²) in [5.74, 6) is -0.0958. The van der Waals surface area contributed by atoms with E-state index >= 15 is 0 Å². The minimum absolute atomic E-state index is 0.0582. The zero-order valence-electron chi connectivity index (χ0n) is 19.2. The summed E-state index contributed by atoms with van der Waals surface area (Å²) in [5.41, 5.74) is 0.460. The number of nitrogens with one attached hydrogen (secondary N) is 1. The number of Topliss-reactive ketones (excluding diaryl/α,β-unsaturated/α-hetero) is 1. The number of hydrogen-bond acceptors (Lipinski definition) is 5. The number of rotatable bonds is 3.